The van der Waals surface area contributed by atoms with Crippen molar-refractivity contribution in [3.63, 3.8) is 0 Å². The van der Waals surface area contributed by atoms with E-state index in [4.69, 9.17) is 0 Å². The van der Waals surface area contributed by atoms with Gasteiger partial charge in [-0.1, -0.05) is 0 Å². The third-order valence-electron chi connectivity index (χ3n) is 3.42. The summed E-state index contributed by atoms with van der Waals surface area (Å²) >= 11 is -0.350. The monoisotopic (exact) mass is 408 g/mol. The normalized spacial score (nSPS) is 12.0. The molecule has 146 valence electrons. The molecule has 0 unspecified atom stereocenters. The molecule has 2 aromatic rings. The number of hydrogen-bond donors (Lipinski definition) is 1. The Labute approximate surface area is 155 Å². The lowest BCUT2D eigenvalue weighted by molar-refractivity contribution is -0.136. The standard InChI is InChI=1S/C17H14F6N2OS/c1-25(2)11-5-8-14(13(9-11)16(18,19)20)24-15(26)10-3-6-12(7-4-10)27-17(21,22)23/h3-9H,1-2H3,(H,24,26). The van der Waals surface area contributed by atoms with Gasteiger partial charge in [-0.05, 0) is 54.2 Å². The van der Waals surface area contributed by atoms with E-state index in [9.17, 15) is 31.1 Å². The molecule has 1 N–H and O–H groups in total. The Morgan fingerprint density at radius 2 is 1.56 bits per heavy atom. The Morgan fingerprint density at radius 3 is 2.04 bits per heavy atom. The van der Waals surface area contributed by atoms with E-state index in [1.54, 1.807) is 14.1 Å². The Balaban J connectivity index is 2.25. The highest BCUT2D eigenvalue weighted by Crippen LogP contribution is 2.38. The Kier molecular flexibility index (Phi) is 5.98. The summed E-state index contributed by atoms with van der Waals surface area (Å²) in [6, 6.07) is 7.83. The first kappa shape index (κ1) is 20.9. The zero-order chi connectivity index (χ0) is 20.4. The SMILES string of the molecule is CN(C)c1ccc(NC(=O)c2ccc(SC(F)(F)F)cc2)c(C(F)(F)F)c1. The molecule has 0 radical (unpaired) electrons. The van der Waals surface area contributed by atoms with Crippen molar-refractivity contribution in [3.05, 3.63) is 53.6 Å². The summed E-state index contributed by atoms with van der Waals surface area (Å²) in [4.78, 5) is 13.5. The maximum absolute atomic E-state index is 13.3. The van der Waals surface area contributed by atoms with Gasteiger partial charge in [0.05, 0.1) is 11.3 Å². The molecule has 0 aliphatic rings. The van der Waals surface area contributed by atoms with Crippen molar-refractivity contribution in [1.29, 1.82) is 0 Å². The lowest BCUT2D eigenvalue weighted by Crippen LogP contribution is -2.18. The number of carbonyl (C=O) groups is 1. The molecule has 0 heterocycles. The molecule has 27 heavy (non-hydrogen) atoms. The molecule has 0 aliphatic carbocycles. The summed E-state index contributed by atoms with van der Waals surface area (Å²) in [5.74, 6) is -0.860. The quantitative estimate of drug-likeness (QED) is 0.525. The van der Waals surface area contributed by atoms with Gasteiger partial charge in [-0.3, -0.25) is 4.79 Å². The summed E-state index contributed by atoms with van der Waals surface area (Å²) in [7, 11) is 3.16. The van der Waals surface area contributed by atoms with Gasteiger partial charge >= 0.3 is 11.7 Å². The number of benzene rings is 2. The Morgan fingerprint density at radius 1 is 0.963 bits per heavy atom. The number of rotatable bonds is 4. The van der Waals surface area contributed by atoms with Crippen LogP contribution in [0, 0.1) is 0 Å². The van der Waals surface area contributed by atoms with E-state index in [1.165, 1.54) is 11.0 Å². The molecule has 3 nitrogen and oxygen atoms in total. The van der Waals surface area contributed by atoms with Crippen molar-refractivity contribution in [3.8, 4) is 0 Å². The van der Waals surface area contributed by atoms with Gasteiger partial charge in [0.1, 0.15) is 0 Å². The highest BCUT2D eigenvalue weighted by Gasteiger charge is 2.34. The molecule has 2 rings (SSSR count). The third-order valence-corrected chi connectivity index (χ3v) is 4.16. The first-order valence-electron chi connectivity index (χ1n) is 7.42. The van der Waals surface area contributed by atoms with Crippen LogP contribution in [0.15, 0.2) is 47.4 Å². The largest absolute Gasteiger partial charge is 0.446 e. The van der Waals surface area contributed by atoms with Crippen molar-refractivity contribution in [2.45, 2.75) is 16.6 Å². The van der Waals surface area contributed by atoms with Crippen LogP contribution in [-0.2, 0) is 6.18 Å². The summed E-state index contributed by atoms with van der Waals surface area (Å²) in [6.45, 7) is 0. The van der Waals surface area contributed by atoms with E-state index in [2.05, 4.69) is 5.32 Å². The molecule has 0 fully saturated rings. The second-order valence-corrected chi connectivity index (χ2v) is 6.79. The number of hydrogen-bond acceptors (Lipinski definition) is 3. The van der Waals surface area contributed by atoms with Crippen LogP contribution < -0.4 is 10.2 Å². The maximum atomic E-state index is 13.3. The van der Waals surface area contributed by atoms with Crippen LogP contribution in [-0.4, -0.2) is 25.5 Å². The minimum absolute atomic E-state index is 0.0636. The fourth-order valence-corrected chi connectivity index (χ4v) is 2.70. The molecule has 0 aliphatic heterocycles. The zero-order valence-corrected chi connectivity index (χ0v) is 14.9. The van der Waals surface area contributed by atoms with E-state index >= 15 is 0 Å². The van der Waals surface area contributed by atoms with Gasteiger partial charge in [0.15, 0.2) is 0 Å². The number of halogens is 6. The van der Waals surface area contributed by atoms with Gasteiger partial charge in [0.25, 0.3) is 5.91 Å². The van der Waals surface area contributed by atoms with Gasteiger partial charge in [-0.25, -0.2) is 0 Å². The van der Waals surface area contributed by atoms with Crippen LogP contribution in [0.4, 0.5) is 37.7 Å². The van der Waals surface area contributed by atoms with Gasteiger partial charge in [-0.15, -0.1) is 0 Å². The predicted molar refractivity (Wildman–Crippen MR) is 92.1 cm³/mol. The highest BCUT2D eigenvalue weighted by atomic mass is 32.2. The molecular weight excluding hydrogens is 394 g/mol. The molecule has 0 bridgehead atoms. The van der Waals surface area contributed by atoms with Crippen molar-refractivity contribution >= 4 is 29.0 Å². The predicted octanol–water partition coefficient (Wildman–Crippen LogP) is 5.64. The van der Waals surface area contributed by atoms with E-state index in [0.29, 0.717) is 5.69 Å². The van der Waals surface area contributed by atoms with Crippen LogP contribution in [0.25, 0.3) is 0 Å². The molecule has 2 aromatic carbocycles. The van der Waals surface area contributed by atoms with Crippen LogP contribution in [0.5, 0.6) is 0 Å². The Hall–Kier alpha value is -2.36. The number of anilines is 2. The number of amides is 1. The molecule has 1 amide bonds. The fraction of sp³-hybridized carbons (Fsp3) is 0.235. The van der Waals surface area contributed by atoms with Gasteiger partial charge in [0.2, 0.25) is 0 Å². The molecule has 0 atom stereocenters. The lowest BCUT2D eigenvalue weighted by Gasteiger charge is -2.18. The summed E-state index contributed by atoms with van der Waals surface area (Å²) in [5.41, 5.74) is -5.70. The average Bonchev–Trinajstić information content (AvgIpc) is 2.53. The Bertz CT molecular complexity index is 816. The van der Waals surface area contributed by atoms with Crippen molar-refractivity contribution in [2.75, 3.05) is 24.3 Å². The maximum Gasteiger partial charge on any atom is 0.446 e. The average molecular weight is 408 g/mol. The van der Waals surface area contributed by atoms with Crippen molar-refractivity contribution in [1.82, 2.24) is 0 Å². The molecule has 10 heteroatoms. The molecule has 0 aromatic heterocycles. The number of thioether (sulfide) groups is 1. The highest BCUT2D eigenvalue weighted by molar-refractivity contribution is 8.00. The molecular formula is C17H14F6N2OS. The van der Waals surface area contributed by atoms with Crippen LogP contribution in [0.1, 0.15) is 15.9 Å². The van der Waals surface area contributed by atoms with E-state index in [0.717, 1.165) is 36.4 Å². The van der Waals surface area contributed by atoms with E-state index in [1.807, 2.05) is 0 Å². The zero-order valence-electron chi connectivity index (χ0n) is 14.1. The first-order valence-corrected chi connectivity index (χ1v) is 8.24. The van der Waals surface area contributed by atoms with Crippen molar-refractivity contribution < 1.29 is 31.1 Å². The molecule has 0 saturated carbocycles. The van der Waals surface area contributed by atoms with Crippen molar-refractivity contribution in [2.24, 2.45) is 0 Å². The number of carbonyl (C=O) groups excluding carboxylic acids is 1. The smallest absolute Gasteiger partial charge is 0.378 e. The second-order valence-electron chi connectivity index (χ2n) is 5.65. The second kappa shape index (κ2) is 7.71. The van der Waals surface area contributed by atoms with Gasteiger partial charge in [0, 0.05) is 30.2 Å². The van der Waals surface area contributed by atoms with Gasteiger partial charge < -0.3 is 10.2 Å². The molecule has 0 saturated heterocycles. The first-order chi connectivity index (χ1) is 12.4. The summed E-state index contributed by atoms with van der Waals surface area (Å²) < 4.78 is 76.7. The number of nitrogens with zero attached hydrogens (tertiary/aromatic N) is 1. The van der Waals surface area contributed by atoms with Crippen LogP contribution >= 0.6 is 11.8 Å². The summed E-state index contributed by atoms with van der Waals surface area (Å²) in [5, 5.41) is 2.16. The van der Waals surface area contributed by atoms with Crippen LogP contribution in [0.2, 0.25) is 0 Å². The number of alkyl halides is 6. The van der Waals surface area contributed by atoms with Crippen LogP contribution in [0.3, 0.4) is 0 Å². The molecule has 0 spiro atoms. The minimum atomic E-state index is -4.69. The van der Waals surface area contributed by atoms with E-state index in [-0.39, 0.29) is 22.2 Å². The fourth-order valence-electron chi connectivity index (χ4n) is 2.16. The summed E-state index contributed by atoms with van der Waals surface area (Å²) in [6.07, 6.45) is -4.69. The lowest BCUT2D eigenvalue weighted by atomic mass is 10.1. The van der Waals surface area contributed by atoms with E-state index < -0.39 is 28.8 Å². The number of nitrogens with one attached hydrogen (secondary N) is 1. The topological polar surface area (TPSA) is 32.3 Å². The minimum Gasteiger partial charge on any atom is -0.378 e. The third kappa shape index (κ3) is 5.81. The van der Waals surface area contributed by atoms with Gasteiger partial charge in [-0.2, -0.15) is 26.3 Å².